The molecule has 1 aromatic heterocycles. The maximum absolute atomic E-state index is 5.62. The lowest BCUT2D eigenvalue weighted by molar-refractivity contribution is 0.174. The minimum atomic E-state index is 0.281. The molecule has 0 unspecified atom stereocenters. The predicted octanol–water partition coefficient (Wildman–Crippen LogP) is 2.39. The van der Waals surface area contributed by atoms with E-state index in [9.17, 15) is 0 Å². The van der Waals surface area contributed by atoms with Crippen LogP contribution in [-0.4, -0.2) is 23.1 Å². The quantitative estimate of drug-likeness (QED) is 0.933. The van der Waals surface area contributed by atoms with Gasteiger partial charge in [-0.1, -0.05) is 0 Å². The van der Waals surface area contributed by atoms with Crippen molar-refractivity contribution in [3.05, 3.63) is 27.9 Å². The van der Waals surface area contributed by atoms with E-state index in [2.05, 4.69) is 28.0 Å². The summed E-state index contributed by atoms with van der Waals surface area (Å²) in [5.74, 6) is 1.57. The van der Waals surface area contributed by atoms with Gasteiger partial charge in [0.15, 0.2) is 11.5 Å². The minimum Gasteiger partial charge on any atom is -0.454 e. The van der Waals surface area contributed by atoms with E-state index in [0.29, 0.717) is 6.54 Å². The summed E-state index contributed by atoms with van der Waals surface area (Å²) in [6.07, 6.45) is 0.748. The average molecular weight is 338 g/mol. The van der Waals surface area contributed by atoms with Crippen LogP contribution in [0.1, 0.15) is 11.3 Å². The monoisotopic (exact) mass is 337 g/mol. The van der Waals surface area contributed by atoms with Crippen molar-refractivity contribution >= 4 is 15.9 Å². The first kappa shape index (κ1) is 13.5. The van der Waals surface area contributed by atoms with Gasteiger partial charge >= 0.3 is 0 Å². The lowest BCUT2D eigenvalue weighted by Gasteiger charge is -2.09. The van der Waals surface area contributed by atoms with Crippen molar-refractivity contribution in [1.29, 1.82) is 0 Å². The van der Waals surface area contributed by atoms with Crippen molar-refractivity contribution in [1.82, 2.24) is 9.78 Å². The van der Waals surface area contributed by atoms with Gasteiger partial charge in [-0.3, -0.25) is 4.68 Å². The molecule has 1 aliphatic rings. The summed E-state index contributed by atoms with van der Waals surface area (Å²) >= 11 is 3.64. The van der Waals surface area contributed by atoms with Crippen molar-refractivity contribution in [2.75, 3.05) is 13.3 Å². The van der Waals surface area contributed by atoms with E-state index in [1.54, 1.807) is 0 Å². The van der Waals surface area contributed by atoms with Gasteiger partial charge in [0.25, 0.3) is 0 Å². The molecular weight excluding hydrogens is 322 g/mol. The third-order valence-corrected chi connectivity index (χ3v) is 4.24. The first-order chi connectivity index (χ1) is 9.61. The van der Waals surface area contributed by atoms with Gasteiger partial charge in [-0.15, -0.1) is 0 Å². The van der Waals surface area contributed by atoms with Crippen molar-refractivity contribution < 1.29 is 9.47 Å². The molecule has 6 heteroatoms. The van der Waals surface area contributed by atoms with E-state index >= 15 is 0 Å². The van der Waals surface area contributed by atoms with Crippen LogP contribution in [0.3, 0.4) is 0 Å². The fraction of sp³-hybridized carbons (Fsp3) is 0.357. The van der Waals surface area contributed by atoms with Gasteiger partial charge in [0.2, 0.25) is 6.79 Å². The van der Waals surface area contributed by atoms with Crippen molar-refractivity contribution in [2.24, 2.45) is 12.8 Å². The molecule has 0 atom stereocenters. The molecule has 2 N–H and O–H groups in total. The van der Waals surface area contributed by atoms with E-state index in [-0.39, 0.29) is 6.79 Å². The third kappa shape index (κ3) is 2.09. The molecule has 0 saturated heterocycles. The van der Waals surface area contributed by atoms with Gasteiger partial charge in [0.1, 0.15) is 0 Å². The lowest BCUT2D eigenvalue weighted by atomic mass is 10.0. The molecular formula is C14H16BrN3O2. The Morgan fingerprint density at radius 2 is 2.05 bits per heavy atom. The first-order valence-electron chi connectivity index (χ1n) is 6.44. The number of benzene rings is 1. The van der Waals surface area contributed by atoms with E-state index < -0.39 is 0 Å². The molecule has 1 aromatic carbocycles. The zero-order valence-electron chi connectivity index (χ0n) is 11.4. The molecule has 0 amide bonds. The van der Waals surface area contributed by atoms with Crippen LogP contribution in [0.25, 0.3) is 11.3 Å². The number of nitrogens with zero attached hydrogens (tertiary/aromatic N) is 2. The second kappa shape index (κ2) is 5.10. The lowest BCUT2D eigenvalue weighted by Crippen LogP contribution is -2.04. The van der Waals surface area contributed by atoms with Gasteiger partial charge < -0.3 is 15.2 Å². The molecule has 1 aliphatic heterocycles. The highest BCUT2D eigenvalue weighted by Gasteiger charge is 2.21. The van der Waals surface area contributed by atoms with Gasteiger partial charge in [0.05, 0.1) is 15.9 Å². The number of hydrogen-bond donors (Lipinski definition) is 1. The first-order valence-corrected chi connectivity index (χ1v) is 7.23. The molecule has 0 aliphatic carbocycles. The molecule has 0 bridgehead atoms. The Labute approximate surface area is 125 Å². The fourth-order valence-electron chi connectivity index (χ4n) is 2.44. The molecule has 20 heavy (non-hydrogen) atoms. The Morgan fingerprint density at radius 1 is 1.35 bits per heavy atom. The Kier molecular flexibility index (Phi) is 3.43. The van der Waals surface area contributed by atoms with Crippen LogP contribution in [-0.2, 0) is 13.5 Å². The largest absolute Gasteiger partial charge is 0.454 e. The Balaban J connectivity index is 2.14. The summed E-state index contributed by atoms with van der Waals surface area (Å²) in [7, 11) is 1.93. The predicted molar refractivity (Wildman–Crippen MR) is 80.0 cm³/mol. The molecule has 106 valence electrons. The smallest absolute Gasteiger partial charge is 0.231 e. The third-order valence-electron chi connectivity index (χ3n) is 3.41. The number of nitrogens with two attached hydrogens (primary N) is 1. The van der Waals surface area contributed by atoms with Crippen LogP contribution in [0, 0.1) is 6.92 Å². The Hall–Kier alpha value is -1.53. The number of rotatable bonds is 3. The van der Waals surface area contributed by atoms with E-state index in [4.69, 9.17) is 15.2 Å². The molecule has 0 fully saturated rings. The van der Waals surface area contributed by atoms with E-state index in [1.165, 1.54) is 0 Å². The topological polar surface area (TPSA) is 62.3 Å². The maximum Gasteiger partial charge on any atom is 0.231 e. The van der Waals surface area contributed by atoms with Crippen LogP contribution in [0.2, 0.25) is 0 Å². The zero-order chi connectivity index (χ0) is 14.3. The van der Waals surface area contributed by atoms with Crippen molar-refractivity contribution in [3.63, 3.8) is 0 Å². The van der Waals surface area contributed by atoms with Gasteiger partial charge in [-0.25, -0.2) is 0 Å². The highest BCUT2D eigenvalue weighted by Crippen LogP contribution is 2.41. The molecule has 2 aromatic rings. The summed E-state index contributed by atoms with van der Waals surface area (Å²) in [4.78, 5) is 0. The maximum atomic E-state index is 5.62. The second-order valence-electron chi connectivity index (χ2n) is 4.79. The second-order valence-corrected chi connectivity index (χ2v) is 5.58. The summed E-state index contributed by atoms with van der Waals surface area (Å²) in [6.45, 7) is 2.91. The number of fused-ring (bicyclic) bond motifs is 1. The van der Waals surface area contributed by atoms with E-state index in [0.717, 1.165) is 44.9 Å². The number of halogens is 1. The fourth-order valence-corrected chi connectivity index (χ4v) is 3.19. The van der Waals surface area contributed by atoms with Gasteiger partial charge in [0, 0.05) is 19.0 Å². The Morgan fingerprint density at radius 3 is 2.75 bits per heavy atom. The highest BCUT2D eigenvalue weighted by atomic mass is 79.9. The molecule has 0 saturated carbocycles. The van der Waals surface area contributed by atoms with Crippen LogP contribution in [0.5, 0.6) is 11.5 Å². The summed E-state index contributed by atoms with van der Waals surface area (Å²) < 4.78 is 13.7. The van der Waals surface area contributed by atoms with Crippen LogP contribution < -0.4 is 15.2 Å². The molecule has 2 heterocycles. The Bertz CT molecular complexity index is 667. The molecule has 0 spiro atoms. The SMILES string of the molecule is Cc1cc2c(cc1-c1c(Br)c(CCN)nn1C)OCO2. The van der Waals surface area contributed by atoms with Crippen LogP contribution in [0.4, 0.5) is 0 Å². The molecule has 5 nitrogen and oxygen atoms in total. The van der Waals surface area contributed by atoms with Crippen LogP contribution in [0.15, 0.2) is 16.6 Å². The average Bonchev–Trinajstić information content (AvgIpc) is 2.95. The number of hydrogen-bond acceptors (Lipinski definition) is 4. The minimum absolute atomic E-state index is 0.281. The number of ether oxygens (including phenoxy) is 2. The zero-order valence-corrected chi connectivity index (χ0v) is 13.0. The summed E-state index contributed by atoms with van der Waals surface area (Å²) in [5, 5.41) is 4.53. The van der Waals surface area contributed by atoms with E-state index in [1.807, 2.05) is 23.9 Å². The summed E-state index contributed by atoms with van der Waals surface area (Å²) in [6, 6.07) is 4.01. The summed E-state index contributed by atoms with van der Waals surface area (Å²) in [5.41, 5.74) is 9.84. The van der Waals surface area contributed by atoms with Gasteiger partial charge in [-0.05, 0) is 47.1 Å². The van der Waals surface area contributed by atoms with Crippen molar-refractivity contribution in [2.45, 2.75) is 13.3 Å². The number of aryl methyl sites for hydroxylation is 2. The highest BCUT2D eigenvalue weighted by molar-refractivity contribution is 9.10. The molecule has 3 rings (SSSR count). The van der Waals surface area contributed by atoms with Crippen LogP contribution >= 0.6 is 15.9 Å². The number of aromatic nitrogens is 2. The van der Waals surface area contributed by atoms with Gasteiger partial charge in [-0.2, -0.15) is 5.10 Å². The molecule has 0 radical (unpaired) electrons. The van der Waals surface area contributed by atoms with Crippen molar-refractivity contribution in [3.8, 4) is 22.8 Å². The normalized spacial score (nSPS) is 13.0. The standard InChI is InChI=1S/C14H16BrN3O2/c1-8-5-11-12(20-7-19-11)6-9(8)14-13(15)10(3-4-16)17-18(14)2/h5-6H,3-4,7,16H2,1-2H3.